The third-order valence-electron chi connectivity index (χ3n) is 5.69. The van der Waals surface area contributed by atoms with Crippen LogP contribution in [-0.4, -0.2) is 82.2 Å². The molecule has 34 heavy (non-hydrogen) atoms. The number of hydrogen-bond acceptors (Lipinski definition) is 8. The Morgan fingerprint density at radius 1 is 0.941 bits per heavy atom. The molecule has 1 aliphatic rings. The number of aliphatic hydroxyl groups is 1. The van der Waals surface area contributed by atoms with Gasteiger partial charge in [0.05, 0.1) is 40.1 Å². The average Bonchev–Trinajstić information content (AvgIpc) is 3.10. The molecule has 1 amide bonds. The van der Waals surface area contributed by atoms with E-state index in [1.807, 2.05) is 19.0 Å². The van der Waals surface area contributed by atoms with Crippen molar-refractivity contribution >= 4 is 17.4 Å². The maximum absolute atomic E-state index is 13.2. The van der Waals surface area contributed by atoms with Crippen LogP contribution < -0.4 is 18.9 Å². The van der Waals surface area contributed by atoms with Crippen molar-refractivity contribution in [1.29, 1.82) is 0 Å². The quantitative estimate of drug-likeness (QED) is 0.339. The molecule has 1 aliphatic heterocycles. The van der Waals surface area contributed by atoms with E-state index in [0.29, 0.717) is 40.7 Å². The van der Waals surface area contributed by atoms with E-state index in [2.05, 4.69) is 0 Å². The lowest BCUT2D eigenvalue weighted by Crippen LogP contribution is -2.35. The minimum Gasteiger partial charge on any atom is -0.507 e. The number of ether oxygens (including phenoxy) is 4. The number of nitrogens with zero attached hydrogens (tertiary/aromatic N) is 2. The molecule has 1 N–H and O–H groups in total. The highest BCUT2D eigenvalue weighted by molar-refractivity contribution is 6.46. The molecule has 9 nitrogen and oxygen atoms in total. The Kier molecular flexibility index (Phi) is 7.68. The Bertz CT molecular complexity index is 1070. The third kappa shape index (κ3) is 4.65. The van der Waals surface area contributed by atoms with Gasteiger partial charge >= 0.3 is 0 Å². The van der Waals surface area contributed by atoms with Crippen LogP contribution in [0.2, 0.25) is 0 Å². The molecule has 0 bridgehead atoms. The summed E-state index contributed by atoms with van der Waals surface area (Å²) in [5.74, 6) is 0.0193. The van der Waals surface area contributed by atoms with Gasteiger partial charge in [-0.05, 0) is 56.1 Å². The van der Waals surface area contributed by atoms with Crippen LogP contribution in [0.25, 0.3) is 5.76 Å². The van der Waals surface area contributed by atoms with E-state index < -0.39 is 17.7 Å². The maximum atomic E-state index is 13.2. The predicted molar refractivity (Wildman–Crippen MR) is 127 cm³/mol. The van der Waals surface area contributed by atoms with Gasteiger partial charge in [-0.3, -0.25) is 9.59 Å². The zero-order valence-electron chi connectivity index (χ0n) is 20.2. The second kappa shape index (κ2) is 10.5. The van der Waals surface area contributed by atoms with Gasteiger partial charge in [-0.1, -0.05) is 0 Å². The summed E-state index contributed by atoms with van der Waals surface area (Å²) in [5.41, 5.74) is 0.926. The second-order valence-electron chi connectivity index (χ2n) is 7.98. The van der Waals surface area contributed by atoms with Gasteiger partial charge in [-0.15, -0.1) is 0 Å². The van der Waals surface area contributed by atoms with Crippen molar-refractivity contribution in [3.05, 3.63) is 53.1 Å². The van der Waals surface area contributed by atoms with E-state index in [4.69, 9.17) is 18.9 Å². The first-order chi connectivity index (χ1) is 16.3. The van der Waals surface area contributed by atoms with Gasteiger partial charge in [0.25, 0.3) is 11.7 Å². The van der Waals surface area contributed by atoms with Gasteiger partial charge in [-0.25, -0.2) is 0 Å². The Morgan fingerprint density at radius 3 is 2.00 bits per heavy atom. The van der Waals surface area contributed by atoms with E-state index in [-0.39, 0.29) is 17.9 Å². The number of benzene rings is 2. The van der Waals surface area contributed by atoms with Gasteiger partial charge in [0.2, 0.25) is 5.75 Å². The Balaban J connectivity index is 2.23. The molecule has 0 radical (unpaired) electrons. The van der Waals surface area contributed by atoms with Crippen LogP contribution in [0.3, 0.4) is 0 Å². The highest BCUT2D eigenvalue weighted by Crippen LogP contribution is 2.45. The van der Waals surface area contributed by atoms with E-state index in [1.54, 1.807) is 36.4 Å². The summed E-state index contributed by atoms with van der Waals surface area (Å²) in [5, 5.41) is 11.2. The highest BCUT2D eigenvalue weighted by Gasteiger charge is 2.46. The molecule has 1 fully saturated rings. The zero-order chi connectivity index (χ0) is 25.0. The molecule has 0 spiro atoms. The molecule has 3 rings (SSSR count). The lowest BCUT2D eigenvalue weighted by molar-refractivity contribution is -0.140. The van der Waals surface area contributed by atoms with Crippen LogP contribution in [0.1, 0.15) is 17.2 Å². The van der Waals surface area contributed by atoms with Crippen LogP contribution >= 0.6 is 0 Å². The van der Waals surface area contributed by atoms with Gasteiger partial charge in [0.1, 0.15) is 11.5 Å². The summed E-state index contributed by atoms with van der Waals surface area (Å²) in [6.45, 7) is 0.800. The summed E-state index contributed by atoms with van der Waals surface area (Å²) in [7, 11) is 9.76. The number of hydrogen-bond donors (Lipinski definition) is 1. The van der Waals surface area contributed by atoms with Crippen LogP contribution in [0.5, 0.6) is 23.0 Å². The summed E-state index contributed by atoms with van der Waals surface area (Å²) in [6.07, 6.45) is 0. The van der Waals surface area contributed by atoms with Gasteiger partial charge in [0, 0.05) is 18.7 Å². The fourth-order valence-electron chi connectivity index (χ4n) is 3.93. The second-order valence-corrected chi connectivity index (χ2v) is 7.98. The van der Waals surface area contributed by atoms with Crippen molar-refractivity contribution in [2.75, 3.05) is 55.6 Å². The number of amides is 1. The van der Waals surface area contributed by atoms with Crippen LogP contribution in [0, 0.1) is 0 Å². The zero-order valence-corrected chi connectivity index (χ0v) is 20.2. The first-order valence-electron chi connectivity index (χ1n) is 10.6. The third-order valence-corrected chi connectivity index (χ3v) is 5.69. The smallest absolute Gasteiger partial charge is 0.295 e. The number of likely N-dealkylation sites (tertiary alicyclic amines) is 1. The fourth-order valence-corrected chi connectivity index (χ4v) is 3.93. The van der Waals surface area contributed by atoms with Crippen molar-refractivity contribution < 1.29 is 33.6 Å². The lowest BCUT2D eigenvalue weighted by atomic mass is 9.94. The molecule has 1 atom stereocenters. The maximum Gasteiger partial charge on any atom is 0.295 e. The lowest BCUT2D eigenvalue weighted by Gasteiger charge is -2.27. The fraction of sp³-hybridized carbons (Fsp3) is 0.360. The molecule has 1 saturated heterocycles. The number of carbonyl (C=O) groups is 2. The number of Topliss-reactive ketones (excluding diaryl/α,β-unsaturated/α-hetero) is 1. The molecule has 0 saturated carbocycles. The topological polar surface area (TPSA) is 97.8 Å². The first kappa shape index (κ1) is 24.9. The van der Waals surface area contributed by atoms with Crippen molar-refractivity contribution in [1.82, 2.24) is 9.80 Å². The number of ketones is 1. The van der Waals surface area contributed by atoms with Gasteiger partial charge < -0.3 is 33.9 Å². The summed E-state index contributed by atoms with van der Waals surface area (Å²) >= 11 is 0. The molecule has 1 unspecified atom stereocenters. The average molecular weight is 471 g/mol. The Labute approximate surface area is 199 Å². The summed E-state index contributed by atoms with van der Waals surface area (Å²) in [6, 6.07) is 9.12. The molecule has 1 heterocycles. The highest BCUT2D eigenvalue weighted by atomic mass is 16.5. The van der Waals surface area contributed by atoms with Gasteiger partial charge in [-0.2, -0.15) is 0 Å². The molecule has 182 valence electrons. The molecule has 0 aliphatic carbocycles. The number of methoxy groups -OCH3 is 4. The minimum absolute atomic E-state index is 0.0109. The van der Waals surface area contributed by atoms with Crippen molar-refractivity contribution in [2.24, 2.45) is 0 Å². The Morgan fingerprint density at radius 2 is 1.53 bits per heavy atom. The first-order valence-corrected chi connectivity index (χ1v) is 10.6. The van der Waals surface area contributed by atoms with Crippen LogP contribution in [0.15, 0.2) is 42.0 Å². The molecular weight excluding hydrogens is 440 g/mol. The molecule has 2 aromatic carbocycles. The minimum atomic E-state index is -0.851. The van der Waals surface area contributed by atoms with Crippen molar-refractivity contribution in [3.63, 3.8) is 0 Å². The molecule has 9 heteroatoms. The van der Waals surface area contributed by atoms with E-state index in [9.17, 15) is 14.7 Å². The number of likely N-dealkylation sites (N-methyl/N-ethyl adjacent to an activating group) is 1. The number of carbonyl (C=O) groups excluding carboxylic acids is 2. The summed E-state index contributed by atoms with van der Waals surface area (Å²) < 4.78 is 21.5. The monoisotopic (exact) mass is 470 g/mol. The predicted octanol–water partition coefficient (Wildman–Crippen LogP) is 2.70. The number of rotatable bonds is 9. The normalized spacial score (nSPS) is 17.3. The van der Waals surface area contributed by atoms with Crippen LogP contribution in [-0.2, 0) is 9.59 Å². The van der Waals surface area contributed by atoms with E-state index in [0.717, 1.165) is 0 Å². The van der Waals surface area contributed by atoms with E-state index in [1.165, 1.54) is 33.3 Å². The Hall–Kier alpha value is -3.72. The molecular formula is C25H30N2O7. The van der Waals surface area contributed by atoms with Crippen LogP contribution in [0.4, 0.5) is 0 Å². The largest absolute Gasteiger partial charge is 0.507 e. The summed E-state index contributed by atoms with van der Waals surface area (Å²) in [4.78, 5) is 29.6. The van der Waals surface area contributed by atoms with Gasteiger partial charge in [0.15, 0.2) is 11.5 Å². The standard InChI is InChI=1S/C25H30N2O7/c1-26(2)11-12-27-21(16-13-18(32-4)24(34-6)19(14-16)33-5)20(23(29)25(27)30)22(28)15-7-9-17(31-3)10-8-15/h7-10,13-14,21,28H,11-12H2,1-6H3/b22-20-. The van der Waals surface area contributed by atoms with Crippen molar-refractivity contribution in [2.45, 2.75) is 6.04 Å². The number of aliphatic hydroxyl groups excluding tert-OH is 1. The van der Waals surface area contributed by atoms with Crippen molar-refractivity contribution in [3.8, 4) is 23.0 Å². The molecule has 2 aromatic rings. The molecule has 0 aromatic heterocycles. The SMILES string of the molecule is COc1ccc(/C(O)=C2/C(=O)C(=O)N(CCN(C)C)C2c2cc(OC)c(OC)c(OC)c2)cc1. The van der Waals surface area contributed by atoms with E-state index >= 15 is 0 Å².